The number of aryl methyl sites for hydroxylation is 1. The smallest absolute Gasteiger partial charge is 0.440 e. The Labute approximate surface area is 168 Å². The molecule has 0 amide bonds. The van der Waals surface area contributed by atoms with Crippen LogP contribution in [0.4, 0.5) is 17.6 Å². The van der Waals surface area contributed by atoms with Crippen molar-refractivity contribution in [3.8, 4) is 22.6 Å². The van der Waals surface area contributed by atoms with E-state index in [9.17, 15) is 22.4 Å². The van der Waals surface area contributed by atoms with Crippen molar-refractivity contribution in [3.05, 3.63) is 76.8 Å². The largest absolute Gasteiger partial charge is 0.573 e. The molecule has 5 nitrogen and oxygen atoms in total. The second kappa shape index (κ2) is 7.66. The summed E-state index contributed by atoms with van der Waals surface area (Å²) in [5, 5.41) is 0. The van der Waals surface area contributed by atoms with Crippen molar-refractivity contribution in [1.82, 2.24) is 9.55 Å². The van der Waals surface area contributed by atoms with Gasteiger partial charge in [-0.05, 0) is 42.0 Å². The number of pyridine rings is 1. The fourth-order valence-electron chi connectivity index (χ4n) is 2.95. The van der Waals surface area contributed by atoms with E-state index in [2.05, 4.69) is 9.72 Å². The molecule has 4 rings (SSSR count). The van der Waals surface area contributed by atoms with E-state index in [1.54, 1.807) is 6.92 Å². The lowest BCUT2D eigenvalue weighted by Gasteiger charge is -2.12. The van der Waals surface area contributed by atoms with Crippen LogP contribution in [-0.2, 0) is 0 Å². The Bertz CT molecular complexity index is 1240. The molecule has 0 radical (unpaired) electrons. The summed E-state index contributed by atoms with van der Waals surface area (Å²) in [6, 6.07) is 10.4. The van der Waals surface area contributed by atoms with Gasteiger partial charge in [0, 0.05) is 24.4 Å². The molecular formula is C21H16F4N2O3. The van der Waals surface area contributed by atoms with Gasteiger partial charge in [0.15, 0.2) is 17.0 Å². The van der Waals surface area contributed by atoms with Gasteiger partial charge in [-0.1, -0.05) is 19.6 Å². The molecule has 156 valence electrons. The zero-order valence-electron chi connectivity index (χ0n) is 14.8. The Hall–Kier alpha value is -3.62. The molecule has 2 aromatic heterocycles. The molecule has 4 aromatic rings. The van der Waals surface area contributed by atoms with Gasteiger partial charge in [0.2, 0.25) is 0 Å². The molecule has 0 aliphatic carbocycles. The third-order valence-corrected chi connectivity index (χ3v) is 4.16. The average Bonchev–Trinajstić information content (AvgIpc) is 3.05. The second-order valence-corrected chi connectivity index (χ2v) is 6.18. The first-order chi connectivity index (χ1) is 13.7. The maximum atomic E-state index is 13.3. The summed E-state index contributed by atoms with van der Waals surface area (Å²) in [7, 11) is 0. The summed E-state index contributed by atoms with van der Waals surface area (Å²) in [4.78, 5) is 17.0. The van der Waals surface area contributed by atoms with Crippen LogP contribution in [0.2, 0.25) is 0 Å². The van der Waals surface area contributed by atoms with E-state index in [1.807, 2.05) is 0 Å². The molecule has 0 spiro atoms. The van der Waals surface area contributed by atoms with Crippen molar-refractivity contribution >= 4 is 11.1 Å². The predicted octanol–water partition coefficient (Wildman–Crippen LogP) is 5.63. The lowest BCUT2D eigenvalue weighted by Crippen LogP contribution is -2.19. The monoisotopic (exact) mass is 420 g/mol. The number of oxazole rings is 1. The number of hydrogen-bond acceptors (Lipinski definition) is 4. The number of fused-ring (bicyclic) bond motifs is 1. The van der Waals surface area contributed by atoms with Gasteiger partial charge in [0.1, 0.15) is 11.6 Å². The fraction of sp³-hybridized carbons (Fsp3) is 0.143. The number of rotatable bonds is 3. The van der Waals surface area contributed by atoms with Gasteiger partial charge in [-0.2, -0.15) is 0 Å². The molecule has 9 heteroatoms. The number of halogens is 4. The second-order valence-electron chi connectivity index (χ2n) is 6.18. The molecule has 0 N–H and O–H groups in total. The van der Waals surface area contributed by atoms with Crippen molar-refractivity contribution in [2.45, 2.75) is 20.7 Å². The van der Waals surface area contributed by atoms with Gasteiger partial charge in [-0.15, -0.1) is 13.2 Å². The minimum atomic E-state index is -4.81. The lowest BCUT2D eigenvalue weighted by atomic mass is 10.1. The van der Waals surface area contributed by atoms with Crippen LogP contribution in [0.25, 0.3) is 27.9 Å². The topological polar surface area (TPSA) is 57.3 Å². The van der Waals surface area contributed by atoms with Crippen molar-refractivity contribution in [2.75, 3.05) is 0 Å². The van der Waals surface area contributed by atoms with Crippen LogP contribution < -0.4 is 10.3 Å². The summed E-state index contributed by atoms with van der Waals surface area (Å²) in [6.07, 6.45) is -3.34. The molecule has 2 aromatic carbocycles. The Kier molecular flexibility index (Phi) is 5.39. The molecule has 0 fully saturated rings. The number of benzene rings is 2. The third kappa shape index (κ3) is 4.05. The molecule has 0 aliphatic rings. The third-order valence-electron chi connectivity index (χ3n) is 4.16. The Morgan fingerprint density at radius 1 is 1.03 bits per heavy atom. The SMILES string of the molecule is C.Cc1nc2c(=O)n(-c3ccc(OC(F)(F)F)cc3)cc(-c3ccc(F)cc3)c2o1. The zero-order valence-corrected chi connectivity index (χ0v) is 14.8. The highest BCUT2D eigenvalue weighted by atomic mass is 19.4. The highest BCUT2D eigenvalue weighted by Gasteiger charge is 2.31. The van der Waals surface area contributed by atoms with E-state index in [0.717, 1.165) is 12.1 Å². The van der Waals surface area contributed by atoms with E-state index < -0.39 is 23.5 Å². The maximum absolute atomic E-state index is 13.3. The molecule has 0 bridgehead atoms. The van der Waals surface area contributed by atoms with Gasteiger partial charge in [0.05, 0.1) is 0 Å². The van der Waals surface area contributed by atoms with Gasteiger partial charge < -0.3 is 9.15 Å². The van der Waals surface area contributed by atoms with Gasteiger partial charge in [-0.25, -0.2) is 9.37 Å². The fourth-order valence-corrected chi connectivity index (χ4v) is 2.95. The minimum Gasteiger partial charge on any atom is -0.440 e. The van der Waals surface area contributed by atoms with Crippen LogP contribution in [0.5, 0.6) is 5.75 Å². The van der Waals surface area contributed by atoms with Crippen LogP contribution in [0.3, 0.4) is 0 Å². The maximum Gasteiger partial charge on any atom is 0.573 e. The summed E-state index contributed by atoms with van der Waals surface area (Å²) in [5.74, 6) is -0.564. The van der Waals surface area contributed by atoms with Crippen LogP contribution in [0.1, 0.15) is 13.3 Å². The first kappa shape index (κ1) is 21.1. The first-order valence-electron chi connectivity index (χ1n) is 8.36. The summed E-state index contributed by atoms with van der Waals surface area (Å²) >= 11 is 0. The molecule has 0 atom stereocenters. The number of alkyl halides is 3. The summed E-state index contributed by atoms with van der Waals surface area (Å²) in [6.45, 7) is 1.58. The average molecular weight is 420 g/mol. The van der Waals surface area contributed by atoms with Crippen molar-refractivity contribution in [1.29, 1.82) is 0 Å². The number of hydrogen-bond donors (Lipinski definition) is 0. The standard InChI is InChI=1S/C20H12F4N2O3.CH4/c1-11-25-17-18(28-11)16(12-2-4-13(21)5-3-12)10-26(19(17)27)14-6-8-15(9-7-14)29-20(22,23)24;/h2-10H,1H3;1H4. The van der Waals surface area contributed by atoms with E-state index in [0.29, 0.717) is 16.8 Å². The Balaban J connectivity index is 0.00000256. The first-order valence-corrected chi connectivity index (χ1v) is 8.36. The summed E-state index contributed by atoms with van der Waals surface area (Å²) in [5.41, 5.74) is 1.16. The van der Waals surface area contributed by atoms with Gasteiger partial charge in [0.25, 0.3) is 5.56 Å². The molecule has 0 aliphatic heterocycles. The molecular weight excluding hydrogens is 404 g/mol. The van der Waals surface area contributed by atoms with Crippen molar-refractivity contribution < 1.29 is 26.7 Å². The van der Waals surface area contributed by atoms with E-state index in [1.165, 1.54) is 47.2 Å². The lowest BCUT2D eigenvalue weighted by molar-refractivity contribution is -0.274. The van der Waals surface area contributed by atoms with E-state index >= 15 is 0 Å². The van der Waals surface area contributed by atoms with E-state index in [-0.39, 0.29) is 24.4 Å². The molecule has 0 unspecified atom stereocenters. The highest BCUT2D eigenvalue weighted by Crippen LogP contribution is 2.29. The molecule has 2 heterocycles. The Morgan fingerprint density at radius 2 is 1.67 bits per heavy atom. The van der Waals surface area contributed by atoms with Crippen LogP contribution in [0, 0.1) is 12.7 Å². The van der Waals surface area contributed by atoms with E-state index in [4.69, 9.17) is 4.42 Å². The van der Waals surface area contributed by atoms with Crippen molar-refractivity contribution in [3.63, 3.8) is 0 Å². The molecule has 0 saturated heterocycles. The van der Waals surface area contributed by atoms with Crippen LogP contribution >= 0.6 is 0 Å². The van der Waals surface area contributed by atoms with Crippen molar-refractivity contribution in [2.24, 2.45) is 0 Å². The number of aromatic nitrogens is 2. The quantitative estimate of drug-likeness (QED) is 0.403. The molecule has 30 heavy (non-hydrogen) atoms. The molecule has 0 saturated carbocycles. The minimum absolute atomic E-state index is 0. The Morgan fingerprint density at radius 3 is 2.27 bits per heavy atom. The van der Waals surface area contributed by atoms with Crippen LogP contribution in [-0.4, -0.2) is 15.9 Å². The highest BCUT2D eigenvalue weighted by molar-refractivity contribution is 5.89. The van der Waals surface area contributed by atoms with Gasteiger partial charge in [-0.3, -0.25) is 9.36 Å². The zero-order chi connectivity index (χ0) is 20.8. The normalized spacial score (nSPS) is 11.4. The van der Waals surface area contributed by atoms with Gasteiger partial charge >= 0.3 is 6.36 Å². The number of nitrogens with zero attached hydrogens (tertiary/aromatic N) is 2. The predicted molar refractivity (Wildman–Crippen MR) is 103 cm³/mol. The summed E-state index contributed by atoms with van der Waals surface area (Å²) < 4.78 is 61.0. The van der Waals surface area contributed by atoms with Crippen LogP contribution in [0.15, 0.2) is 63.9 Å². The number of ether oxygens (including phenoxy) is 1.